The van der Waals surface area contributed by atoms with Crippen molar-refractivity contribution in [2.45, 2.75) is 116 Å². The van der Waals surface area contributed by atoms with Crippen molar-refractivity contribution in [3.05, 3.63) is 0 Å². The molecule has 0 saturated carbocycles. The van der Waals surface area contributed by atoms with Crippen molar-refractivity contribution in [3.63, 3.8) is 0 Å². The predicted octanol–water partition coefficient (Wildman–Crippen LogP) is 5.65. The van der Waals surface area contributed by atoms with E-state index in [1.54, 1.807) is 0 Å². The summed E-state index contributed by atoms with van der Waals surface area (Å²) in [5, 5.41) is 9.12. The second-order valence-electron chi connectivity index (χ2n) is 6.64. The Bertz CT molecular complexity index is 247. The summed E-state index contributed by atoms with van der Waals surface area (Å²) in [6, 6.07) is 0. The molecule has 0 aliphatic carbocycles. The fourth-order valence-electron chi connectivity index (χ4n) is 3.10. The average Bonchev–Trinajstić information content (AvgIpc) is 3.00. The molecule has 22 heavy (non-hydrogen) atoms. The Morgan fingerprint density at radius 1 is 0.909 bits per heavy atom. The first-order chi connectivity index (χ1) is 10.8. The summed E-state index contributed by atoms with van der Waals surface area (Å²) in [4.78, 5) is 15.4. The van der Waals surface area contributed by atoms with Crippen molar-refractivity contribution in [1.29, 1.82) is 0 Å². The van der Waals surface area contributed by atoms with Crippen LogP contribution in [0.4, 0.5) is 0 Å². The van der Waals surface area contributed by atoms with Gasteiger partial charge in [-0.25, -0.2) is 14.7 Å². The van der Waals surface area contributed by atoms with Gasteiger partial charge in [-0.3, -0.25) is 5.26 Å². The standard InChI is InChI=1S/C18H36O4/c1-3-5-7-9-10-12-14-17(20-19)18-15-16(21-22-18)13-11-8-6-4-2/h16-19H,3-15H2,1-2H3. The number of rotatable bonds is 14. The highest BCUT2D eigenvalue weighted by molar-refractivity contribution is 4.77. The molecule has 0 bridgehead atoms. The van der Waals surface area contributed by atoms with Crippen LogP contribution in [0, 0.1) is 0 Å². The van der Waals surface area contributed by atoms with E-state index in [1.165, 1.54) is 57.8 Å². The Morgan fingerprint density at radius 2 is 1.55 bits per heavy atom. The summed E-state index contributed by atoms with van der Waals surface area (Å²) >= 11 is 0. The Labute approximate surface area is 136 Å². The monoisotopic (exact) mass is 316 g/mol. The highest BCUT2D eigenvalue weighted by Gasteiger charge is 2.34. The van der Waals surface area contributed by atoms with Crippen LogP contribution in [0.25, 0.3) is 0 Å². The molecular weight excluding hydrogens is 280 g/mol. The molecule has 0 aromatic heterocycles. The average molecular weight is 316 g/mol. The first-order valence-corrected chi connectivity index (χ1v) is 9.44. The van der Waals surface area contributed by atoms with Crippen LogP contribution in [0.5, 0.6) is 0 Å². The van der Waals surface area contributed by atoms with Crippen molar-refractivity contribution < 1.29 is 19.9 Å². The third kappa shape index (κ3) is 8.47. The number of hydrogen-bond donors (Lipinski definition) is 1. The van der Waals surface area contributed by atoms with E-state index in [4.69, 9.17) is 15.0 Å². The van der Waals surface area contributed by atoms with Gasteiger partial charge in [0.25, 0.3) is 0 Å². The second kappa shape index (κ2) is 13.3. The zero-order valence-corrected chi connectivity index (χ0v) is 14.6. The van der Waals surface area contributed by atoms with Crippen LogP contribution in [0.3, 0.4) is 0 Å². The molecule has 0 amide bonds. The van der Waals surface area contributed by atoms with E-state index in [2.05, 4.69) is 18.7 Å². The molecule has 132 valence electrons. The van der Waals surface area contributed by atoms with Gasteiger partial charge in [0.15, 0.2) is 0 Å². The van der Waals surface area contributed by atoms with Crippen LogP contribution in [0.2, 0.25) is 0 Å². The van der Waals surface area contributed by atoms with E-state index in [0.717, 1.165) is 25.7 Å². The molecule has 0 aromatic carbocycles. The van der Waals surface area contributed by atoms with E-state index < -0.39 is 0 Å². The molecule has 3 unspecified atom stereocenters. The topological polar surface area (TPSA) is 47.9 Å². The molecule has 1 N–H and O–H groups in total. The third-order valence-corrected chi connectivity index (χ3v) is 4.58. The van der Waals surface area contributed by atoms with Crippen LogP contribution in [0.15, 0.2) is 0 Å². The SMILES string of the molecule is CCCCCCCCC(OO)C1CC(CCCCCC)OO1. The molecule has 1 saturated heterocycles. The fraction of sp³-hybridized carbons (Fsp3) is 1.00. The first-order valence-electron chi connectivity index (χ1n) is 9.44. The van der Waals surface area contributed by atoms with E-state index in [1.807, 2.05) is 0 Å². The van der Waals surface area contributed by atoms with Gasteiger partial charge in [-0.1, -0.05) is 78.1 Å². The van der Waals surface area contributed by atoms with E-state index in [9.17, 15) is 0 Å². The maximum absolute atomic E-state index is 9.12. The smallest absolute Gasteiger partial charge is 0.125 e. The van der Waals surface area contributed by atoms with Gasteiger partial charge >= 0.3 is 0 Å². The molecule has 1 fully saturated rings. The molecule has 1 aliphatic rings. The molecule has 4 heteroatoms. The minimum absolute atomic E-state index is 0.114. The summed E-state index contributed by atoms with van der Waals surface area (Å²) in [5.74, 6) is 0. The lowest BCUT2D eigenvalue weighted by molar-refractivity contribution is -0.352. The normalized spacial score (nSPS) is 23.0. The molecule has 0 spiro atoms. The quantitative estimate of drug-likeness (QED) is 0.255. The Morgan fingerprint density at radius 3 is 2.23 bits per heavy atom. The molecule has 1 rings (SSSR count). The summed E-state index contributed by atoms with van der Waals surface area (Å²) in [5.41, 5.74) is 0. The van der Waals surface area contributed by atoms with Crippen LogP contribution in [-0.4, -0.2) is 23.6 Å². The van der Waals surface area contributed by atoms with Crippen molar-refractivity contribution in [3.8, 4) is 0 Å². The fourth-order valence-corrected chi connectivity index (χ4v) is 3.10. The van der Waals surface area contributed by atoms with Crippen LogP contribution in [0.1, 0.15) is 97.3 Å². The largest absolute Gasteiger partial charge is 0.251 e. The van der Waals surface area contributed by atoms with Gasteiger partial charge in [0.05, 0.1) is 6.10 Å². The Balaban J connectivity index is 2.10. The summed E-state index contributed by atoms with van der Waals surface area (Å²) < 4.78 is 0. The minimum Gasteiger partial charge on any atom is -0.251 e. The van der Waals surface area contributed by atoms with Crippen molar-refractivity contribution in [2.24, 2.45) is 0 Å². The molecule has 1 heterocycles. The highest BCUT2D eigenvalue weighted by atomic mass is 17.2. The molecular formula is C18H36O4. The van der Waals surface area contributed by atoms with Gasteiger partial charge in [-0.05, 0) is 12.8 Å². The lowest BCUT2D eigenvalue weighted by atomic mass is 9.98. The second-order valence-corrected chi connectivity index (χ2v) is 6.64. The molecule has 0 aromatic rings. The van der Waals surface area contributed by atoms with Gasteiger partial charge in [0.1, 0.15) is 12.2 Å². The number of hydrogen-bond acceptors (Lipinski definition) is 4. The lowest BCUT2D eigenvalue weighted by Crippen LogP contribution is -2.28. The maximum atomic E-state index is 9.12. The van der Waals surface area contributed by atoms with E-state index in [-0.39, 0.29) is 18.3 Å². The van der Waals surface area contributed by atoms with Gasteiger partial charge in [-0.2, -0.15) is 0 Å². The lowest BCUT2D eigenvalue weighted by Gasteiger charge is -2.17. The Kier molecular flexibility index (Phi) is 12.0. The third-order valence-electron chi connectivity index (χ3n) is 4.58. The molecule has 0 radical (unpaired) electrons. The maximum Gasteiger partial charge on any atom is 0.125 e. The minimum atomic E-state index is -0.244. The summed E-state index contributed by atoms with van der Waals surface area (Å²) in [6.07, 6.45) is 15.0. The zero-order chi connectivity index (χ0) is 16.0. The van der Waals surface area contributed by atoms with E-state index in [0.29, 0.717) is 0 Å². The van der Waals surface area contributed by atoms with Gasteiger partial charge in [-0.15, -0.1) is 0 Å². The van der Waals surface area contributed by atoms with Gasteiger partial charge in [0, 0.05) is 6.42 Å². The van der Waals surface area contributed by atoms with Crippen LogP contribution in [-0.2, 0) is 14.7 Å². The van der Waals surface area contributed by atoms with E-state index >= 15 is 0 Å². The molecule has 1 aliphatic heterocycles. The summed E-state index contributed by atoms with van der Waals surface area (Å²) in [7, 11) is 0. The summed E-state index contributed by atoms with van der Waals surface area (Å²) in [6.45, 7) is 4.45. The van der Waals surface area contributed by atoms with Gasteiger partial charge in [0.2, 0.25) is 0 Å². The molecule has 3 atom stereocenters. The van der Waals surface area contributed by atoms with Crippen molar-refractivity contribution >= 4 is 0 Å². The number of unbranched alkanes of at least 4 members (excludes halogenated alkanes) is 8. The first kappa shape index (κ1) is 19.9. The molecule has 4 nitrogen and oxygen atoms in total. The van der Waals surface area contributed by atoms with Gasteiger partial charge < -0.3 is 0 Å². The van der Waals surface area contributed by atoms with Crippen LogP contribution < -0.4 is 0 Å². The Hall–Kier alpha value is -0.160. The van der Waals surface area contributed by atoms with Crippen molar-refractivity contribution in [1.82, 2.24) is 0 Å². The highest BCUT2D eigenvalue weighted by Crippen LogP contribution is 2.27. The van der Waals surface area contributed by atoms with Crippen LogP contribution >= 0.6 is 0 Å². The predicted molar refractivity (Wildman–Crippen MR) is 88.6 cm³/mol. The zero-order valence-electron chi connectivity index (χ0n) is 14.6. The van der Waals surface area contributed by atoms with Crippen molar-refractivity contribution in [2.75, 3.05) is 0 Å².